The molecule has 0 bridgehead atoms. The summed E-state index contributed by atoms with van der Waals surface area (Å²) in [5, 5.41) is 0. The predicted molar refractivity (Wildman–Crippen MR) is 81.6 cm³/mol. The Bertz CT molecular complexity index is 730. The molecule has 0 spiro atoms. The third kappa shape index (κ3) is 3.34. The van der Waals surface area contributed by atoms with E-state index < -0.39 is 10.0 Å². The quantitative estimate of drug-likeness (QED) is 0.824. The second kappa shape index (κ2) is 6.15. The number of hydrogen-bond donors (Lipinski definition) is 0. The molecule has 0 N–H and O–H groups in total. The van der Waals surface area contributed by atoms with Gasteiger partial charge in [0.2, 0.25) is 10.0 Å². The Morgan fingerprint density at radius 1 is 1.32 bits per heavy atom. The van der Waals surface area contributed by atoms with Crippen LogP contribution in [0.5, 0.6) is 0 Å². The van der Waals surface area contributed by atoms with E-state index in [1.54, 1.807) is 18.6 Å². The van der Waals surface area contributed by atoms with Crippen molar-refractivity contribution in [2.45, 2.75) is 12.6 Å². The van der Waals surface area contributed by atoms with E-state index in [1.807, 2.05) is 22.9 Å². The maximum absolute atomic E-state index is 11.7. The zero-order valence-corrected chi connectivity index (χ0v) is 13.1. The lowest BCUT2D eigenvalue weighted by molar-refractivity contribution is -0.00978. The second-order valence-electron chi connectivity index (χ2n) is 5.25. The topological polar surface area (TPSA) is 77.3 Å². The van der Waals surface area contributed by atoms with Crippen LogP contribution in [0.2, 0.25) is 0 Å². The number of nitrogens with zero attached hydrogens (tertiary/aromatic N) is 4. The Morgan fingerprint density at radius 2 is 2.09 bits per heavy atom. The minimum atomic E-state index is -3.18. The van der Waals surface area contributed by atoms with Crippen LogP contribution in [0.25, 0.3) is 11.4 Å². The molecule has 118 valence electrons. The summed E-state index contributed by atoms with van der Waals surface area (Å²) >= 11 is 0. The summed E-state index contributed by atoms with van der Waals surface area (Å²) in [7, 11) is -3.18. The van der Waals surface area contributed by atoms with E-state index in [9.17, 15) is 8.42 Å². The van der Waals surface area contributed by atoms with Crippen molar-refractivity contribution in [1.82, 2.24) is 18.8 Å². The Morgan fingerprint density at radius 3 is 2.82 bits per heavy atom. The van der Waals surface area contributed by atoms with Gasteiger partial charge in [-0.2, -0.15) is 4.31 Å². The smallest absolute Gasteiger partial charge is 0.211 e. The van der Waals surface area contributed by atoms with Crippen molar-refractivity contribution in [1.29, 1.82) is 0 Å². The first kappa shape index (κ1) is 15.1. The van der Waals surface area contributed by atoms with Crippen LogP contribution < -0.4 is 0 Å². The minimum Gasteiger partial charge on any atom is -0.374 e. The first-order chi connectivity index (χ1) is 10.5. The molecule has 0 aromatic carbocycles. The van der Waals surface area contributed by atoms with Crippen molar-refractivity contribution < 1.29 is 13.2 Å². The van der Waals surface area contributed by atoms with Crippen LogP contribution in [0.1, 0.15) is 0 Å². The van der Waals surface area contributed by atoms with E-state index in [2.05, 4.69) is 9.97 Å². The van der Waals surface area contributed by atoms with Gasteiger partial charge < -0.3 is 9.30 Å². The number of rotatable bonds is 4. The maximum Gasteiger partial charge on any atom is 0.211 e. The third-order valence-corrected chi connectivity index (χ3v) is 4.89. The van der Waals surface area contributed by atoms with Crippen molar-refractivity contribution in [3.63, 3.8) is 0 Å². The highest BCUT2D eigenvalue weighted by Gasteiger charge is 2.27. The maximum atomic E-state index is 11.7. The van der Waals surface area contributed by atoms with Gasteiger partial charge in [-0.15, -0.1) is 0 Å². The van der Waals surface area contributed by atoms with Gasteiger partial charge >= 0.3 is 0 Å². The molecule has 7 nitrogen and oxygen atoms in total. The van der Waals surface area contributed by atoms with E-state index in [4.69, 9.17) is 4.74 Å². The molecular formula is C14H18N4O3S. The lowest BCUT2D eigenvalue weighted by Gasteiger charge is -2.31. The van der Waals surface area contributed by atoms with Gasteiger partial charge in [-0.3, -0.25) is 4.98 Å². The molecule has 3 rings (SSSR count). The number of pyridine rings is 1. The largest absolute Gasteiger partial charge is 0.374 e. The van der Waals surface area contributed by atoms with Crippen LogP contribution in [-0.4, -0.2) is 59.3 Å². The Hall–Kier alpha value is -1.77. The normalized spacial score (nSPS) is 20.1. The lowest BCUT2D eigenvalue weighted by Crippen LogP contribution is -2.46. The first-order valence-corrected chi connectivity index (χ1v) is 8.87. The van der Waals surface area contributed by atoms with Crippen molar-refractivity contribution in [2.24, 2.45) is 0 Å². The Labute approximate surface area is 129 Å². The number of hydrogen-bond acceptors (Lipinski definition) is 5. The van der Waals surface area contributed by atoms with Gasteiger partial charge in [0.1, 0.15) is 5.82 Å². The summed E-state index contributed by atoms with van der Waals surface area (Å²) in [5.41, 5.74) is 0.968. The molecule has 1 atom stereocenters. The zero-order valence-electron chi connectivity index (χ0n) is 12.3. The van der Waals surface area contributed by atoms with Crippen molar-refractivity contribution in [3.05, 3.63) is 36.9 Å². The molecule has 0 aliphatic carbocycles. The fraction of sp³-hybridized carbons (Fsp3) is 0.429. The first-order valence-electron chi connectivity index (χ1n) is 7.02. The van der Waals surface area contributed by atoms with Crippen molar-refractivity contribution in [2.75, 3.05) is 26.0 Å². The standard InChI is InChI=1S/C14H18N4O3S/c1-22(19,20)18-8-9-21-13(11-18)10-17-7-6-16-14(17)12-2-4-15-5-3-12/h2-7,13H,8-11H2,1H3. The van der Waals surface area contributed by atoms with E-state index in [-0.39, 0.29) is 6.10 Å². The summed E-state index contributed by atoms with van der Waals surface area (Å²) in [6.07, 6.45) is 8.09. The summed E-state index contributed by atoms with van der Waals surface area (Å²) in [6.45, 7) is 1.75. The van der Waals surface area contributed by atoms with Crippen LogP contribution in [0.4, 0.5) is 0 Å². The van der Waals surface area contributed by atoms with Crippen molar-refractivity contribution >= 4 is 10.0 Å². The summed E-state index contributed by atoms with van der Waals surface area (Å²) in [5.74, 6) is 0.822. The average molecular weight is 322 g/mol. The molecular weight excluding hydrogens is 304 g/mol. The van der Waals surface area contributed by atoms with Gasteiger partial charge in [0, 0.05) is 43.4 Å². The van der Waals surface area contributed by atoms with E-state index in [0.717, 1.165) is 11.4 Å². The molecule has 1 unspecified atom stereocenters. The van der Waals surface area contributed by atoms with Crippen LogP contribution in [0.15, 0.2) is 36.9 Å². The van der Waals surface area contributed by atoms with Gasteiger partial charge in [-0.25, -0.2) is 13.4 Å². The molecule has 1 aliphatic rings. The monoisotopic (exact) mass is 322 g/mol. The van der Waals surface area contributed by atoms with Gasteiger partial charge in [0.25, 0.3) is 0 Å². The van der Waals surface area contributed by atoms with Crippen LogP contribution in [-0.2, 0) is 21.3 Å². The highest BCUT2D eigenvalue weighted by molar-refractivity contribution is 7.88. The molecule has 1 saturated heterocycles. The van der Waals surface area contributed by atoms with Gasteiger partial charge in [0.05, 0.1) is 25.5 Å². The Balaban J connectivity index is 1.76. The highest BCUT2D eigenvalue weighted by Crippen LogP contribution is 2.18. The predicted octanol–water partition coefficient (Wildman–Crippen LogP) is 0.605. The highest BCUT2D eigenvalue weighted by atomic mass is 32.2. The van der Waals surface area contributed by atoms with Gasteiger partial charge in [0.15, 0.2) is 0 Å². The molecule has 22 heavy (non-hydrogen) atoms. The number of aromatic nitrogens is 3. The molecule has 2 aromatic rings. The number of morpholine rings is 1. The second-order valence-corrected chi connectivity index (χ2v) is 7.24. The van der Waals surface area contributed by atoms with E-state index in [0.29, 0.717) is 26.2 Å². The van der Waals surface area contributed by atoms with Gasteiger partial charge in [-0.05, 0) is 12.1 Å². The zero-order chi connectivity index (χ0) is 15.6. The molecule has 3 heterocycles. The number of imidazole rings is 1. The lowest BCUT2D eigenvalue weighted by atomic mass is 10.2. The summed E-state index contributed by atoms with van der Waals surface area (Å²) in [6, 6.07) is 3.78. The molecule has 1 aliphatic heterocycles. The molecule has 0 saturated carbocycles. The fourth-order valence-corrected chi connectivity index (χ4v) is 3.38. The molecule has 2 aromatic heterocycles. The molecule has 1 fully saturated rings. The minimum absolute atomic E-state index is 0.182. The summed E-state index contributed by atoms with van der Waals surface area (Å²) in [4.78, 5) is 8.37. The van der Waals surface area contributed by atoms with Crippen LogP contribution in [0.3, 0.4) is 0 Å². The molecule has 8 heteroatoms. The van der Waals surface area contributed by atoms with Gasteiger partial charge in [-0.1, -0.05) is 0 Å². The van der Waals surface area contributed by atoms with E-state index in [1.165, 1.54) is 10.6 Å². The Kier molecular flexibility index (Phi) is 4.23. The molecule has 0 radical (unpaired) electrons. The number of ether oxygens (including phenoxy) is 1. The van der Waals surface area contributed by atoms with E-state index >= 15 is 0 Å². The van der Waals surface area contributed by atoms with Crippen LogP contribution in [0, 0.1) is 0 Å². The van der Waals surface area contributed by atoms with Crippen molar-refractivity contribution in [3.8, 4) is 11.4 Å². The third-order valence-electron chi connectivity index (χ3n) is 3.62. The fourth-order valence-electron chi connectivity index (χ4n) is 2.54. The molecule has 0 amide bonds. The van der Waals surface area contributed by atoms with Crippen LogP contribution >= 0.6 is 0 Å². The summed E-state index contributed by atoms with van der Waals surface area (Å²) < 4.78 is 32.5. The SMILES string of the molecule is CS(=O)(=O)N1CCOC(Cn2ccnc2-c2ccncc2)C1. The average Bonchev–Trinajstić information content (AvgIpc) is 2.96. The number of sulfonamides is 1.